The van der Waals surface area contributed by atoms with Gasteiger partial charge in [-0.05, 0) is 41.4 Å². The maximum absolute atomic E-state index is 11.0. The summed E-state index contributed by atoms with van der Waals surface area (Å²) in [7, 11) is 1.85. The van der Waals surface area contributed by atoms with Gasteiger partial charge in [-0.2, -0.15) is 0 Å². The highest BCUT2D eigenvalue weighted by molar-refractivity contribution is 9.10. The zero-order valence-electron chi connectivity index (χ0n) is 9.11. The van der Waals surface area contributed by atoms with Gasteiger partial charge >= 0.3 is 5.69 Å². The molecule has 0 aliphatic carbocycles. The smallest absolute Gasteiger partial charge is 0.311 e. The number of aromatic nitrogens is 2. The van der Waals surface area contributed by atoms with Gasteiger partial charge in [0.05, 0.1) is 10.4 Å². The van der Waals surface area contributed by atoms with Crippen LogP contribution in [0.15, 0.2) is 10.5 Å². The van der Waals surface area contributed by atoms with Crippen molar-refractivity contribution in [2.24, 2.45) is 7.05 Å². The van der Waals surface area contributed by atoms with Crippen LogP contribution in [0.25, 0.3) is 11.0 Å². The Morgan fingerprint density at radius 2 is 2.12 bits per heavy atom. The molecule has 0 amide bonds. The van der Waals surface area contributed by atoms with Crippen molar-refractivity contribution < 1.29 is 4.92 Å². The number of fused-ring (bicyclic) bond motifs is 1. The van der Waals surface area contributed by atoms with Crippen LogP contribution in [0.3, 0.4) is 0 Å². The minimum Gasteiger partial charge on any atom is -0.331 e. The van der Waals surface area contributed by atoms with Crippen LogP contribution < -0.4 is 0 Å². The van der Waals surface area contributed by atoms with Crippen molar-refractivity contribution in [3.8, 4) is 0 Å². The molecule has 1 heterocycles. The second-order valence-corrected chi connectivity index (χ2v) is 4.49. The van der Waals surface area contributed by atoms with E-state index in [9.17, 15) is 10.1 Å². The Morgan fingerprint density at radius 3 is 2.69 bits per heavy atom. The molecule has 0 N–H and O–H groups in total. The molecule has 2 aromatic rings. The summed E-state index contributed by atoms with van der Waals surface area (Å²) in [6.07, 6.45) is 0. The summed E-state index contributed by atoms with van der Waals surface area (Å²) in [5.74, 6) is 0.760. The fourth-order valence-corrected chi connectivity index (χ4v) is 2.14. The Balaban J connectivity index is 3.00. The van der Waals surface area contributed by atoms with E-state index in [0.717, 1.165) is 16.9 Å². The van der Waals surface area contributed by atoms with Crippen molar-refractivity contribution in [3.05, 3.63) is 32.0 Å². The molecule has 0 bridgehead atoms. The van der Waals surface area contributed by atoms with E-state index in [1.54, 1.807) is 0 Å². The third-order valence-electron chi connectivity index (χ3n) is 2.68. The first kappa shape index (κ1) is 11.1. The van der Waals surface area contributed by atoms with Gasteiger partial charge in [0.15, 0.2) is 5.52 Å². The molecule has 0 aliphatic heterocycles. The molecule has 2 rings (SSSR count). The van der Waals surface area contributed by atoms with E-state index in [-0.39, 0.29) is 5.69 Å². The molecule has 0 unspecified atom stereocenters. The quantitative estimate of drug-likeness (QED) is 0.597. The minimum atomic E-state index is -0.397. The molecule has 0 radical (unpaired) electrons. The highest BCUT2D eigenvalue weighted by Crippen LogP contribution is 2.35. The van der Waals surface area contributed by atoms with Gasteiger partial charge in [0.25, 0.3) is 0 Å². The molecule has 0 atom stereocenters. The Kier molecular flexibility index (Phi) is 2.46. The lowest BCUT2D eigenvalue weighted by atomic mass is 10.2. The predicted molar refractivity (Wildman–Crippen MR) is 64.5 cm³/mol. The average Bonchev–Trinajstić information content (AvgIpc) is 2.45. The highest BCUT2D eigenvalue weighted by Gasteiger charge is 2.23. The number of hydrogen-bond acceptors (Lipinski definition) is 3. The Labute approximate surface area is 100 Å². The lowest BCUT2D eigenvalue weighted by Crippen LogP contribution is -1.94. The van der Waals surface area contributed by atoms with Gasteiger partial charge < -0.3 is 4.57 Å². The maximum Gasteiger partial charge on any atom is 0.311 e. The highest BCUT2D eigenvalue weighted by atomic mass is 79.9. The van der Waals surface area contributed by atoms with Crippen molar-refractivity contribution in [2.45, 2.75) is 13.8 Å². The molecular weight excluding hydrogens is 274 g/mol. The number of halogens is 1. The second kappa shape index (κ2) is 3.55. The molecule has 1 aromatic heterocycles. The van der Waals surface area contributed by atoms with Crippen LogP contribution in [0.5, 0.6) is 0 Å². The predicted octanol–water partition coefficient (Wildman–Crippen LogP) is 2.86. The van der Waals surface area contributed by atoms with E-state index in [1.807, 2.05) is 31.5 Å². The largest absolute Gasteiger partial charge is 0.331 e. The lowest BCUT2D eigenvalue weighted by Gasteiger charge is -2.02. The summed E-state index contributed by atoms with van der Waals surface area (Å²) in [6.45, 7) is 3.66. The van der Waals surface area contributed by atoms with E-state index in [2.05, 4.69) is 20.9 Å². The Morgan fingerprint density at radius 1 is 1.50 bits per heavy atom. The van der Waals surface area contributed by atoms with Gasteiger partial charge in [-0.1, -0.05) is 0 Å². The van der Waals surface area contributed by atoms with Crippen molar-refractivity contribution in [3.63, 3.8) is 0 Å². The first-order valence-electron chi connectivity index (χ1n) is 4.70. The number of hydrogen-bond donors (Lipinski definition) is 0. The van der Waals surface area contributed by atoms with Crippen molar-refractivity contribution in [1.29, 1.82) is 0 Å². The first-order valence-corrected chi connectivity index (χ1v) is 5.49. The molecule has 16 heavy (non-hydrogen) atoms. The SMILES string of the molecule is Cc1cc2c(nc(C)n2C)c([N+](=O)[O-])c1Br. The molecule has 0 spiro atoms. The molecule has 0 saturated carbocycles. The molecule has 5 nitrogen and oxygen atoms in total. The molecule has 0 saturated heterocycles. The van der Waals surface area contributed by atoms with E-state index in [1.165, 1.54) is 0 Å². The number of nitro benzene ring substituents is 1. The van der Waals surface area contributed by atoms with Crippen LogP contribution in [0.1, 0.15) is 11.4 Å². The fraction of sp³-hybridized carbons (Fsp3) is 0.300. The summed E-state index contributed by atoms with van der Waals surface area (Å²) in [5.41, 5.74) is 2.09. The Hall–Kier alpha value is -1.43. The van der Waals surface area contributed by atoms with Gasteiger partial charge in [-0.15, -0.1) is 0 Å². The summed E-state index contributed by atoms with van der Waals surface area (Å²) in [4.78, 5) is 14.9. The lowest BCUT2D eigenvalue weighted by molar-refractivity contribution is -0.384. The summed E-state index contributed by atoms with van der Waals surface area (Å²) in [5, 5.41) is 11.0. The summed E-state index contributed by atoms with van der Waals surface area (Å²) >= 11 is 3.24. The number of nitrogens with zero attached hydrogens (tertiary/aromatic N) is 3. The van der Waals surface area contributed by atoms with Crippen LogP contribution in [-0.2, 0) is 7.05 Å². The molecular formula is C10H10BrN3O2. The Bertz CT molecular complexity index is 604. The van der Waals surface area contributed by atoms with E-state index < -0.39 is 4.92 Å². The monoisotopic (exact) mass is 283 g/mol. The molecule has 0 aliphatic rings. The maximum atomic E-state index is 11.0. The minimum absolute atomic E-state index is 0.0405. The topological polar surface area (TPSA) is 61.0 Å². The van der Waals surface area contributed by atoms with E-state index in [4.69, 9.17) is 0 Å². The average molecular weight is 284 g/mol. The van der Waals surface area contributed by atoms with Crippen molar-refractivity contribution >= 4 is 32.7 Å². The fourth-order valence-electron chi connectivity index (χ4n) is 1.69. The number of rotatable bonds is 1. The van der Waals surface area contributed by atoms with Crippen molar-refractivity contribution in [1.82, 2.24) is 9.55 Å². The van der Waals surface area contributed by atoms with E-state index in [0.29, 0.717) is 9.99 Å². The third kappa shape index (κ3) is 1.41. The van der Waals surface area contributed by atoms with Gasteiger partial charge in [-0.25, -0.2) is 4.98 Å². The van der Waals surface area contributed by atoms with Crippen LogP contribution >= 0.6 is 15.9 Å². The van der Waals surface area contributed by atoms with Crippen LogP contribution in [0.4, 0.5) is 5.69 Å². The van der Waals surface area contributed by atoms with Crippen LogP contribution in [0.2, 0.25) is 0 Å². The van der Waals surface area contributed by atoms with Crippen LogP contribution in [-0.4, -0.2) is 14.5 Å². The molecule has 1 aromatic carbocycles. The number of nitro groups is 1. The molecule has 6 heteroatoms. The number of benzene rings is 1. The van der Waals surface area contributed by atoms with Gasteiger partial charge in [0.1, 0.15) is 10.3 Å². The zero-order valence-corrected chi connectivity index (χ0v) is 10.7. The van der Waals surface area contributed by atoms with Crippen molar-refractivity contribution in [2.75, 3.05) is 0 Å². The second-order valence-electron chi connectivity index (χ2n) is 3.70. The third-order valence-corrected chi connectivity index (χ3v) is 3.68. The number of imidazole rings is 1. The molecule has 84 valence electrons. The standard InChI is InChI=1S/C10H10BrN3O2/c1-5-4-7-9(12-6(2)13(7)3)10(8(5)11)14(15)16/h4H,1-3H3. The first-order chi connectivity index (χ1) is 7.43. The normalized spacial score (nSPS) is 11.0. The zero-order chi connectivity index (χ0) is 12.0. The molecule has 0 fully saturated rings. The summed E-state index contributed by atoms with van der Waals surface area (Å²) < 4.78 is 2.35. The van der Waals surface area contributed by atoms with E-state index >= 15 is 0 Å². The summed E-state index contributed by atoms with van der Waals surface area (Å²) in [6, 6.07) is 1.90. The van der Waals surface area contributed by atoms with Gasteiger partial charge in [0, 0.05) is 7.05 Å². The number of aryl methyl sites for hydroxylation is 3. The van der Waals surface area contributed by atoms with Gasteiger partial charge in [0.2, 0.25) is 0 Å². The van der Waals surface area contributed by atoms with Crippen LogP contribution in [0, 0.1) is 24.0 Å². The van der Waals surface area contributed by atoms with Gasteiger partial charge in [-0.3, -0.25) is 10.1 Å².